The van der Waals surface area contributed by atoms with Crippen molar-refractivity contribution in [2.75, 3.05) is 7.11 Å². The Morgan fingerprint density at radius 3 is 2.79 bits per heavy atom. The Balaban J connectivity index is 3.18. The van der Waals surface area contributed by atoms with Crippen molar-refractivity contribution in [2.24, 2.45) is 5.73 Å². The zero-order chi connectivity index (χ0) is 10.8. The van der Waals surface area contributed by atoms with Crippen LogP contribution < -0.4 is 10.5 Å². The SMILES string of the molecule is CCC(C)(N)c1nc(OC)ncc1Cl. The summed E-state index contributed by atoms with van der Waals surface area (Å²) in [5.41, 5.74) is 6.10. The number of rotatable bonds is 3. The largest absolute Gasteiger partial charge is 0.467 e. The number of halogens is 1. The van der Waals surface area contributed by atoms with E-state index in [2.05, 4.69) is 9.97 Å². The first kappa shape index (κ1) is 11.2. The zero-order valence-corrected chi connectivity index (χ0v) is 9.30. The molecular weight excluding hydrogens is 202 g/mol. The lowest BCUT2D eigenvalue weighted by Gasteiger charge is -2.22. The molecule has 2 N–H and O–H groups in total. The third-order valence-electron chi connectivity index (χ3n) is 2.18. The van der Waals surface area contributed by atoms with Crippen LogP contribution in [0.3, 0.4) is 0 Å². The molecule has 0 amide bonds. The number of nitrogens with zero attached hydrogens (tertiary/aromatic N) is 2. The molecule has 1 aromatic heterocycles. The average Bonchev–Trinajstić information content (AvgIpc) is 2.18. The molecule has 0 aliphatic rings. The van der Waals surface area contributed by atoms with E-state index in [1.807, 2.05) is 13.8 Å². The Bertz CT molecular complexity index is 328. The van der Waals surface area contributed by atoms with Crippen molar-refractivity contribution in [1.29, 1.82) is 0 Å². The van der Waals surface area contributed by atoms with E-state index in [9.17, 15) is 0 Å². The van der Waals surface area contributed by atoms with Gasteiger partial charge in [-0.1, -0.05) is 18.5 Å². The molecular formula is C9H14ClN3O. The van der Waals surface area contributed by atoms with Gasteiger partial charge in [0, 0.05) is 0 Å². The van der Waals surface area contributed by atoms with Crippen molar-refractivity contribution < 1.29 is 4.74 Å². The lowest BCUT2D eigenvalue weighted by Crippen LogP contribution is -2.33. The summed E-state index contributed by atoms with van der Waals surface area (Å²) in [6, 6.07) is 0.287. The molecule has 0 aliphatic carbocycles. The minimum Gasteiger partial charge on any atom is -0.467 e. The summed E-state index contributed by atoms with van der Waals surface area (Å²) in [6.07, 6.45) is 2.25. The van der Waals surface area contributed by atoms with E-state index in [4.69, 9.17) is 22.1 Å². The van der Waals surface area contributed by atoms with Crippen LogP contribution in [-0.2, 0) is 5.54 Å². The Labute approximate surface area is 88.5 Å². The van der Waals surface area contributed by atoms with Crippen LogP contribution in [-0.4, -0.2) is 17.1 Å². The van der Waals surface area contributed by atoms with Gasteiger partial charge in [0.15, 0.2) is 0 Å². The molecule has 0 aliphatic heterocycles. The van der Waals surface area contributed by atoms with Gasteiger partial charge in [0.25, 0.3) is 0 Å². The van der Waals surface area contributed by atoms with Gasteiger partial charge in [0.05, 0.1) is 29.6 Å². The van der Waals surface area contributed by atoms with Crippen molar-refractivity contribution in [3.63, 3.8) is 0 Å². The van der Waals surface area contributed by atoms with Gasteiger partial charge in [-0.3, -0.25) is 0 Å². The van der Waals surface area contributed by atoms with E-state index in [1.165, 1.54) is 13.3 Å². The molecule has 78 valence electrons. The number of aromatic nitrogens is 2. The fourth-order valence-electron chi connectivity index (χ4n) is 1.02. The molecule has 0 radical (unpaired) electrons. The number of hydrogen-bond acceptors (Lipinski definition) is 4. The van der Waals surface area contributed by atoms with E-state index in [1.54, 1.807) is 0 Å². The standard InChI is InChI=1S/C9H14ClN3O/c1-4-9(2,11)7-6(10)5-12-8(13-7)14-3/h5H,4,11H2,1-3H3. The molecule has 1 atom stereocenters. The number of ether oxygens (including phenoxy) is 1. The maximum atomic E-state index is 6.03. The van der Waals surface area contributed by atoms with Gasteiger partial charge >= 0.3 is 6.01 Å². The minimum atomic E-state index is -0.548. The molecule has 0 saturated carbocycles. The van der Waals surface area contributed by atoms with Crippen LogP contribution in [0.5, 0.6) is 6.01 Å². The fraction of sp³-hybridized carbons (Fsp3) is 0.556. The van der Waals surface area contributed by atoms with Gasteiger partial charge in [0.1, 0.15) is 0 Å². The number of hydrogen-bond donors (Lipinski definition) is 1. The molecule has 1 heterocycles. The second-order valence-electron chi connectivity index (χ2n) is 3.32. The Hall–Kier alpha value is -0.870. The van der Waals surface area contributed by atoms with Crippen LogP contribution in [0.4, 0.5) is 0 Å². The molecule has 0 fully saturated rings. The summed E-state index contributed by atoms with van der Waals surface area (Å²) >= 11 is 5.96. The topological polar surface area (TPSA) is 61.0 Å². The summed E-state index contributed by atoms with van der Waals surface area (Å²) in [6.45, 7) is 3.85. The average molecular weight is 216 g/mol. The Morgan fingerprint density at radius 1 is 1.64 bits per heavy atom. The third kappa shape index (κ3) is 2.13. The molecule has 0 saturated heterocycles. The summed E-state index contributed by atoms with van der Waals surface area (Å²) in [7, 11) is 1.51. The van der Waals surface area contributed by atoms with Crippen molar-refractivity contribution in [3.05, 3.63) is 16.9 Å². The third-order valence-corrected chi connectivity index (χ3v) is 2.46. The van der Waals surface area contributed by atoms with E-state index < -0.39 is 5.54 Å². The van der Waals surface area contributed by atoms with Crippen molar-refractivity contribution in [2.45, 2.75) is 25.8 Å². The van der Waals surface area contributed by atoms with Crippen LogP contribution in [0.2, 0.25) is 5.02 Å². The molecule has 0 spiro atoms. The van der Waals surface area contributed by atoms with Crippen LogP contribution in [0.15, 0.2) is 6.20 Å². The molecule has 1 aromatic rings. The first-order chi connectivity index (χ1) is 6.51. The van der Waals surface area contributed by atoms with Gasteiger partial charge in [-0.05, 0) is 13.3 Å². The number of methoxy groups -OCH3 is 1. The predicted molar refractivity (Wildman–Crippen MR) is 55.4 cm³/mol. The summed E-state index contributed by atoms with van der Waals surface area (Å²) in [5, 5.41) is 0.470. The van der Waals surface area contributed by atoms with Gasteiger partial charge in [-0.2, -0.15) is 4.98 Å². The highest BCUT2D eigenvalue weighted by Crippen LogP contribution is 2.27. The summed E-state index contributed by atoms with van der Waals surface area (Å²) in [5.74, 6) is 0. The monoisotopic (exact) mass is 215 g/mol. The quantitative estimate of drug-likeness (QED) is 0.834. The molecule has 4 nitrogen and oxygen atoms in total. The molecule has 5 heteroatoms. The van der Waals surface area contributed by atoms with Crippen LogP contribution in [0, 0.1) is 0 Å². The lowest BCUT2D eigenvalue weighted by molar-refractivity contribution is 0.368. The lowest BCUT2D eigenvalue weighted by atomic mass is 9.96. The van der Waals surface area contributed by atoms with E-state index in [0.717, 1.165) is 6.42 Å². The Morgan fingerprint density at radius 2 is 2.29 bits per heavy atom. The second kappa shape index (κ2) is 4.11. The van der Waals surface area contributed by atoms with E-state index >= 15 is 0 Å². The smallest absolute Gasteiger partial charge is 0.316 e. The van der Waals surface area contributed by atoms with Gasteiger partial charge in [-0.25, -0.2) is 4.98 Å². The van der Waals surface area contributed by atoms with Crippen LogP contribution in [0.25, 0.3) is 0 Å². The van der Waals surface area contributed by atoms with Crippen molar-refractivity contribution >= 4 is 11.6 Å². The highest BCUT2D eigenvalue weighted by Gasteiger charge is 2.24. The fourth-order valence-corrected chi connectivity index (χ4v) is 1.32. The molecule has 14 heavy (non-hydrogen) atoms. The first-order valence-electron chi connectivity index (χ1n) is 4.37. The Kier molecular flexibility index (Phi) is 3.29. The predicted octanol–water partition coefficient (Wildman–Crippen LogP) is 1.72. The van der Waals surface area contributed by atoms with Crippen molar-refractivity contribution in [3.8, 4) is 6.01 Å². The maximum absolute atomic E-state index is 6.03. The van der Waals surface area contributed by atoms with E-state index in [0.29, 0.717) is 10.7 Å². The van der Waals surface area contributed by atoms with Gasteiger partial charge < -0.3 is 10.5 Å². The molecule has 0 bridgehead atoms. The highest BCUT2D eigenvalue weighted by molar-refractivity contribution is 6.31. The van der Waals surface area contributed by atoms with Gasteiger partial charge in [-0.15, -0.1) is 0 Å². The van der Waals surface area contributed by atoms with Crippen LogP contribution >= 0.6 is 11.6 Å². The van der Waals surface area contributed by atoms with E-state index in [-0.39, 0.29) is 6.01 Å². The molecule has 1 rings (SSSR count). The zero-order valence-electron chi connectivity index (χ0n) is 8.54. The molecule has 0 aromatic carbocycles. The normalized spacial score (nSPS) is 14.9. The minimum absolute atomic E-state index is 0.287. The van der Waals surface area contributed by atoms with Crippen molar-refractivity contribution in [1.82, 2.24) is 9.97 Å². The van der Waals surface area contributed by atoms with Crippen LogP contribution in [0.1, 0.15) is 26.0 Å². The van der Waals surface area contributed by atoms with Gasteiger partial charge in [0.2, 0.25) is 0 Å². The first-order valence-corrected chi connectivity index (χ1v) is 4.75. The number of nitrogens with two attached hydrogens (primary N) is 1. The summed E-state index contributed by atoms with van der Waals surface area (Å²) in [4.78, 5) is 8.03. The maximum Gasteiger partial charge on any atom is 0.316 e. The summed E-state index contributed by atoms with van der Waals surface area (Å²) < 4.78 is 4.91. The second-order valence-corrected chi connectivity index (χ2v) is 3.73. The molecule has 1 unspecified atom stereocenters. The highest BCUT2D eigenvalue weighted by atomic mass is 35.5.